The van der Waals surface area contributed by atoms with Crippen LogP contribution in [0.15, 0.2) is 33.9 Å². The van der Waals surface area contributed by atoms with Crippen molar-refractivity contribution in [3.63, 3.8) is 0 Å². The van der Waals surface area contributed by atoms with Crippen molar-refractivity contribution in [2.75, 3.05) is 23.5 Å². The molecule has 0 amide bonds. The lowest BCUT2D eigenvalue weighted by molar-refractivity contribution is -0.311. The van der Waals surface area contributed by atoms with Crippen LogP contribution in [-0.2, 0) is 4.84 Å². The monoisotopic (exact) mass is 360 g/mol. The number of anilines is 2. The highest BCUT2D eigenvalue weighted by Gasteiger charge is 2.30. The smallest absolute Gasteiger partial charge is 0.372 e. The lowest BCUT2D eigenvalue weighted by atomic mass is 10.2. The quantitative estimate of drug-likeness (QED) is 0.574. The van der Waals surface area contributed by atoms with Gasteiger partial charge in [0.15, 0.2) is 0 Å². The molecule has 1 aromatic heterocycles. The number of hydrogen-bond acceptors (Lipinski definition) is 8. The molecule has 1 heterocycles. The summed E-state index contributed by atoms with van der Waals surface area (Å²) in [7, 11) is 0. The minimum Gasteiger partial charge on any atom is -0.372 e. The molecule has 0 radical (unpaired) electrons. The number of benzene rings is 1. The number of halogens is 3. The molecular formula is C13H15F3N6OS. The molecule has 1 N–H and O–H groups in total. The van der Waals surface area contributed by atoms with Gasteiger partial charge in [0.25, 0.3) is 5.13 Å². The zero-order chi connectivity index (χ0) is 17.6. The number of hydrogen-bond donors (Lipinski definition) is 1. The minimum absolute atomic E-state index is 0.0463. The molecule has 0 saturated heterocycles. The first kappa shape index (κ1) is 18.1. The van der Waals surface area contributed by atoms with E-state index in [1.807, 2.05) is 24.2 Å². The van der Waals surface area contributed by atoms with Gasteiger partial charge in [-0.15, -0.1) is 33.6 Å². The first-order valence-electron chi connectivity index (χ1n) is 7.00. The first-order chi connectivity index (χ1) is 11.4. The summed E-state index contributed by atoms with van der Waals surface area (Å²) in [5.74, 6) is 0. The molecule has 0 aliphatic carbocycles. The van der Waals surface area contributed by atoms with E-state index in [2.05, 4.69) is 25.3 Å². The molecule has 0 unspecified atom stereocenters. The first-order valence-corrected chi connectivity index (χ1v) is 7.88. The summed E-state index contributed by atoms with van der Waals surface area (Å²) in [5, 5.41) is 15.3. The fraction of sp³-hybridized carbons (Fsp3) is 0.385. The largest absolute Gasteiger partial charge is 0.543 e. The fourth-order valence-electron chi connectivity index (χ4n) is 1.90. The van der Waals surface area contributed by atoms with Gasteiger partial charge in [-0.2, -0.15) is 4.84 Å². The van der Waals surface area contributed by atoms with Crippen LogP contribution in [0.1, 0.15) is 13.8 Å². The standard InChI is InChI=1S/C13H15F3N6OS/c1-3-22(4-2)9-5-6-10(18-20-12-19-17-8-24-12)11(7-9)21-23-13(14,15)16/h5-8,21H,3-4H2,1-2H3. The van der Waals surface area contributed by atoms with Crippen LogP contribution in [0.4, 0.5) is 35.4 Å². The summed E-state index contributed by atoms with van der Waals surface area (Å²) in [6.07, 6.45) is -4.82. The van der Waals surface area contributed by atoms with Crippen LogP contribution in [-0.4, -0.2) is 29.6 Å². The highest BCUT2D eigenvalue weighted by Crippen LogP contribution is 2.33. The van der Waals surface area contributed by atoms with Crippen LogP contribution in [0.5, 0.6) is 0 Å². The fourth-order valence-corrected chi connectivity index (χ4v) is 2.27. The zero-order valence-corrected chi connectivity index (χ0v) is 13.7. The third kappa shape index (κ3) is 5.13. The third-order valence-corrected chi connectivity index (χ3v) is 3.55. The van der Waals surface area contributed by atoms with Crippen molar-refractivity contribution < 1.29 is 18.0 Å². The maximum absolute atomic E-state index is 12.3. The average molecular weight is 360 g/mol. The predicted molar refractivity (Wildman–Crippen MR) is 84.9 cm³/mol. The van der Waals surface area contributed by atoms with Crippen molar-refractivity contribution in [3.05, 3.63) is 23.7 Å². The second kappa shape index (κ2) is 8.02. The molecule has 2 rings (SSSR count). The molecule has 0 fully saturated rings. The Hall–Kier alpha value is -2.27. The number of nitrogens with zero attached hydrogens (tertiary/aromatic N) is 5. The van der Waals surface area contributed by atoms with Crippen molar-refractivity contribution in [3.8, 4) is 0 Å². The SMILES string of the molecule is CCN(CC)c1ccc(N=Nc2nncs2)c(NOC(F)(F)F)c1. The van der Waals surface area contributed by atoms with E-state index in [1.165, 1.54) is 11.6 Å². The molecule has 7 nitrogen and oxygen atoms in total. The van der Waals surface area contributed by atoms with Crippen LogP contribution in [0, 0.1) is 0 Å². The van der Waals surface area contributed by atoms with Gasteiger partial charge in [-0.25, -0.2) is 0 Å². The number of rotatable bonds is 7. The van der Waals surface area contributed by atoms with Gasteiger partial charge in [-0.05, 0) is 32.0 Å². The summed E-state index contributed by atoms with van der Waals surface area (Å²) < 4.78 is 36.9. The number of azo groups is 1. The Bertz CT molecular complexity index is 673. The Balaban J connectivity index is 2.30. The van der Waals surface area contributed by atoms with Crippen LogP contribution in [0.3, 0.4) is 0 Å². The van der Waals surface area contributed by atoms with Crippen molar-refractivity contribution in [1.29, 1.82) is 0 Å². The molecule has 0 aliphatic rings. The van der Waals surface area contributed by atoms with E-state index in [0.717, 1.165) is 17.0 Å². The maximum Gasteiger partial charge on any atom is 0.543 e. The topological polar surface area (TPSA) is 75.0 Å². The number of nitrogens with one attached hydrogen (secondary N) is 1. The highest BCUT2D eigenvalue weighted by atomic mass is 32.1. The van der Waals surface area contributed by atoms with Crippen molar-refractivity contribution in [2.45, 2.75) is 20.2 Å². The Labute approximate surface area is 140 Å². The van der Waals surface area contributed by atoms with E-state index in [4.69, 9.17) is 0 Å². The zero-order valence-electron chi connectivity index (χ0n) is 12.9. The average Bonchev–Trinajstić information content (AvgIpc) is 3.05. The van der Waals surface area contributed by atoms with Crippen molar-refractivity contribution >= 4 is 33.5 Å². The van der Waals surface area contributed by atoms with Gasteiger partial charge in [0.2, 0.25) is 0 Å². The summed E-state index contributed by atoms with van der Waals surface area (Å²) in [5.41, 5.74) is 4.34. The Kier molecular flexibility index (Phi) is 6.04. The molecule has 11 heteroatoms. The van der Waals surface area contributed by atoms with E-state index in [-0.39, 0.29) is 11.4 Å². The molecule has 0 bridgehead atoms. The predicted octanol–water partition coefficient (Wildman–Crippen LogP) is 4.66. The summed E-state index contributed by atoms with van der Waals surface area (Å²) in [6, 6.07) is 4.83. The summed E-state index contributed by atoms with van der Waals surface area (Å²) in [4.78, 5) is 5.68. The van der Waals surface area contributed by atoms with Gasteiger partial charge in [-0.3, -0.25) is 5.48 Å². The van der Waals surface area contributed by atoms with Gasteiger partial charge in [0.1, 0.15) is 11.2 Å². The maximum atomic E-state index is 12.3. The van der Waals surface area contributed by atoms with E-state index < -0.39 is 6.36 Å². The molecule has 0 saturated carbocycles. The second-order valence-corrected chi connectivity index (χ2v) is 5.26. The van der Waals surface area contributed by atoms with Gasteiger partial charge in [0, 0.05) is 18.8 Å². The van der Waals surface area contributed by atoms with Gasteiger partial charge in [0.05, 0.1) is 5.69 Å². The van der Waals surface area contributed by atoms with Gasteiger partial charge in [-0.1, -0.05) is 11.3 Å². The Morgan fingerprint density at radius 1 is 1.25 bits per heavy atom. The van der Waals surface area contributed by atoms with Gasteiger partial charge >= 0.3 is 6.36 Å². The second-order valence-electron chi connectivity index (χ2n) is 4.44. The van der Waals surface area contributed by atoms with Crippen molar-refractivity contribution in [2.24, 2.45) is 10.2 Å². The molecule has 24 heavy (non-hydrogen) atoms. The molecule has 2 aromatic rings. The normalized spacial score (nSPS) is 11.9. The van der Waals surface area contributed by atoms with Crippen LogP contribution in [0.2, 0.25) is 0 Å². The molecule has 0 spiro atoms. The molecule has 130 valence electrons. The highest BCUT2D eigenvalue weighted by molar-refractivity contribution is 7.13. The molecule has 1 aromatic carbocycles. The number of aromatic nitrogens is 2. The van der Waals surface area contributed by atoms with E-state index >= 15 is 0 Å². The van der Waals surface area contributed by atoms with Crippen molar-refractivity contribution in [1.82, 2.24) is 10.2 Å². The lowest BCUT2D eigenvalue weighted by Crippen LogP contribution is -2.22. The van der Waals surface area contributed by atoms with E-state index in [9.17, 15) is 13.2 Å². The van der Waals surface area contributed by atoms with Gasteiger partial charge < -0.3 is 4.90 Å². The van der Waals surface area contributed by atoms with Crippen LogP contribution in [0.25, 0.3) is 0 Å². The van der Waals surface area contributed by atoms with Crippen LogP contribution >= 0.6 is 11.3 Å². The molecular weight excluding hydrogens is 345 g/mol. The van der Waals surface area contributed by atoms with Crippen LogP contribution < -0.4 is 10.4 Å². The third-order valence-electron chi connectivity index (χ3n) is 2.98. The minimum atomic E-state index is -4.82. The van der Waals surface area contributed by atoms with E-state index in [1.54, 1.807) is 12.1 Å². The summed E-state index contributed by atoms with van der Waals surface area (Å²) >= 11 is 1.16. The Morgan fingerprint density at radius 3 is 2.58 bits per heavy atom. The van der Waals surface area contributed by atoms with E-state index in [0.29, 0.717) is 18.2 Å². The molecule has 0 atom stereocenters. The Morgan fingerprint density at radius 2 is 2.00 bits per heavy atom. The number of alkyl halides is 3. The lowest BCUT2D eigenvalue weighted by Gasteiger charge is -2.22. The molecule has 0 aliphatic heterocycles. The summed E-state index contributed by atoms with van der Waals surface area (Å²) in [6.45, 7) is 5.32.